The van der Waals surface area contributed by atoms with Gasteiger partial charge >= 0.3 is 5.97 Å². The normalized spacial score (nSPS) is 23.4. The molecule has 0 bridgehead atoms. The van der Waals surface area contributed by atoms with Gasteiger partial charge in [0.2, 0.25) is 5.91 Å². The van der Waals surface area contributed by atoms with Gasteiger partial charge in [-0.3, -0.25) is 4.79 Å². The van der Waals surface area contributed by atoms with E-state index in [1.165, 1.54) is 19.3 Å². The number of fused-ring (bicyclic) bond motifs is 3. The van der Waals surface area contributed by atoms with E-state index in [2.05, 4.69) is 10.2 Å². The third kappa shape index (κ3) is 2.87. The number of hydrogen-bond acceptors (Lipinski definition) is 4. The molecule has 5 heteroatoms. The number of rotatable bonds is 3. The van der Waals surface area contributed by atoms with Crippen molar-refractivity contribution in [3.8, 4) is 0 Å². The Morgan fingerprint density at radius 1 is 1.17 bits per heavy atom. The van der Waals surface area contributed by atoms with Gasteiger partial charge in [0, 0.05) is 6.54 Å². The molecule has 24 heavy (non-hydrogen) atoms. The van der Waals surface area contributed by atoms with Crippen molar-refractivity contribution in [2.75, 3.05) is 23.4 Å². The lowest BCUT2D eigenvalue weighted by molar-refractivity contribution is -0.117. The zero-order valence-electron chi connectivity index (χ0n) is 13.9. The van der Waals surface area contributed by atoms with Gasteiger partial charge in [0.05, 0.1) is 23.5 Å². The Balaban J connectivity index is 1.45. The van der Waals surface area contributed by atoms with Gasteiger partial charge in [-0.25, -0.2) is 4.79 Å². The minimum atomic E-state index is -0.291. The van der Waals surface area contributed by atoms with E-state index in [-0.39, 0.29) is 17.9 Å². The summed E-state index contributed by atoms with van der Waals surface area (Å²) in [5, 5.41) is 2.94. The lowest BCUT2D eigenvalue weighted by atomic mass is 9.90. The van der Waals surface area contributed by atoms with Crippen LogP contribution in [0.4, 0.5) is 11.4 Å². The van der Waals surface area contributed by atoms with Crippen LogP contribution < -0.4 is 10.2 Å². The van der Waals surface area contributed by atoms with E-state index >= 15 is 0 Å². The third-order valence-corrected chi connectivity index (χ3v) is 5.53. The van der Waals surface area contributed by atoms with Crippen LogP contribution in [0, 0.1) is 5.92 Å². The fourth-order valence-corrected chi connectivity index (χ4v) is 4.19. The summed E-state index contributed by atoms with van der Waals surface area (Å²) in [6, 6.07) is 5.45. The van der Waals surface area contributed by atoms with E-state index in [0.717, 1.165) is 43.6 Å². The number of esters is 1. The van der Waals surface area contributed by atoms with Crippen molar-refractivity contribution in [3.05, 3.63) is 23.8 Å². The molecule has 2 heterocycles. The minimum Gasteiger partial charge on any atom is -0.462 e. The summed E-state index contributed by atoms with van der Waals surface area (Å²) in [4.78, 5) is 26.7. The van der Waals surface area contributed by atoms with Gasteiger partial charge in [-0.1, -0.05) is 19.3 Å². The number of carbonyl (C=O) groups excluding carboxylic acids is 2. The van der Waals surface area contributed by atoms with Crippen LogP contribution in [-0.4, -0.2) is 31.1 Å². The van der Waals surface area contributed by atoms with Gasteiger partial charge in [0.1, 0.15) is 6.04 Å². The summed E-state index contributed by atoms with van der Waals surface area (Å²) in [7, 11) is 0. The van der Waals surface area contributed by atoms with E-state index in [0.29, 0.717) is 18.1 Å². The fourth-order valence-electron chi connectivity index (χ4n) is 4.19. The number of amides is 1. The van der Waals surface area contributed by atoms with Crippen molar-refractivity contribution in [2.24, 2.45) is 5.92 Å². The number of ether oxygens (including phenoxy) is 1. The van der Waals surface area contributed by atoms with Crippen LogP contribution in [0.3, 0.4) is 0 Å². The van der Waals surface area contributed by atoms with E-state index in [1.807, 2.05) is 12.1 Å². The zero-order chi connectivity index (χ0) is 16.5. The maximum Gasteiger partial charge on any atom is 0.338 e. The summed E-state index contributed by atoms with van der Waals surface area (Å²) in [5.74, 6) is 0.249. The number of hydrogen-bond donors (Lipinski definition) is 1. The maximum absolute atomic E-state index is 12.3. The summed E-state index contributed by atoms with van der Waals surface area (Å²) < 4.78 is 5.51. The number of nitrogens with one attached hydrogen (secondary N) is 1. The first-order valence-corrected chi connectivity index (χ1v) is 9.11. The molecule has 0 spiro atoms. The molecule has 1 saturated carbocycles. The van der Waals surface area contributed by atoms with Crippen LogP contribution in [-0.2, 0) is 9.53 Å². The van der Waals surface area contributed by atoms with E-state index in [4.69, 9.17) is 4.74 Å². The molecule has 3 aliphatic rings. The monoisotopic (exact) mass is 328 g/mol. The second-order valence-corrected chi connectivity index (χ2v) is 7.18. The highest BCUT2D eigenvalue weighted by atomic mass is 16.5. The molecule has 0 unspecified atom stereocenters. The van der Waals surface area contributed by atoms with Crippen LogP contribution in [0.15, 0.2) is 18.2 Å². The SMILES string of the molecule is O=C(OCC1CCCCC1)c1ccc2c(c1)NC(=O)[C@@H]1CCCN21. The third-order valence-electron chi connectivity index (χ3n) is 5.53. The highest BCUT2D eigenvalue weighted by Gasteiger charge is 2.36. The Hall–Kier alpha value is -2.04. The van der Waals surface area contributed by atoms with E-state index < -0.39 is 0 Å². The van der Waals surface area contributed by atoms with Crippen molar-refractivity contribution in [1.82, 2.24) is 0 Å². The predicted molar refractivity (Wildman–Crippen MR) is 92.3 cm³/mol. The Bertz CT molecular complexity index is 652. The number of benzene rings is 1. The second-order valence-electron chi connectivity index (χ2n) is 7.18. The van der Waals surface area contributed by atoms with Crippen LogP contribution in [0.5, 0.6) is 0 Å². The van der Waals surface area contributed by atoms with Crippen molar-refractivity contribution in [2.45, 2.75) is 51.0 Å². The summed E-state index contributed by atoms with van der Waals surface area (Å²) in [6.45, 7) is 1.41. The van der Waals surface area contributed by atoms with Gasteiger partial charge in [-0.05, 0) is 49.8 Å². The number of nitrogens with zero attached hydrogens (tertiary/aromatic N) is 1. The first-order valence-electron chi connectivity index (χ1n) is 9.11. The van der Waals surface area contributed by atoms with E-state index in [1.54, 1.807) is 6.07 Å². The van der Waals surface area contributed by atoms with Crippen LogP contribution >= 0.6 is 0 Å². The lowest BCUT2D eigenvalue weighted by Gasteiger charge is -2.33. The van der Waals surface area contributed by atoms with Crippen LogP contribution in [0.2, 0.25) is 0 Å². The number of carbonyl (C=O) groups is 2. The van der Waals surface area contributed by atoms with Gasteiger partial charge < -0.3 is 15.0 Å². The van der Waals surface area contributed by atoms with Gasteiger partial charge in [0.25, 0.3) is 0 Å². The van der Waals surface area contributed by atoms with Gasteiger partial charge in [-0.2, -0.15) is 0 Å². The lowest BCUT2D eigenvalue weighted by Crippen LogP contribution is -2.43. The van der Waals surface area contributed by atoms with Gasteiger partial charge in [0.15, 0.2) is 0 Å². The molecular formula is C19H24N2O3. The minimum absolute atomic E-state index is 0.0349. The fraction of sp³-hybridized carbons (Fsp3) is 0.579. The number of anilines is 2. The molecule has 0 aromatic heterocycles. The average molecular weight is 328 g/mol. The predicted octanol–water partition coefficient (Wildman–Crippen LogP) is 3.34. The molecule has 1 aromatic rings. The van der Waals surface area contributed by atoms with Crippen molar-refractivity contribution in [1.29, 1.82) is 0 Å². The maximum atomic E-state index is 12.3. The smallest absolute Gasteiger partial charge is 0.338 e. The molecule has 1 amide bonds. The molecule has 0 radical (unpaired) electrons. The average Bonchev–Trinajstić information content (AvgIpc) is 3.11. The zero-order valence-corrected chi connectivity index (χ0v) is 13.9. The Kier molecular flexibility index (Phi) is 4.17. The molecule has 1 aromatic carbocycles. The quantitative estimate of drug-likeness (QED) is 0.865. The Morgan fingerprint density at radius 3 is 2.83 bits per heavy atom. The summed E-state index contributed by atoms with van der Waals surface area (Å²) >= 11 is 0. The summed E-state index contributed by atoms with van der Waals surface area (Å²) in [5.41, 5.74) is 2.26. The molecule has 1 atom stereocenters. The highest BCUT2D eigenvalue weighted by Crippen LogP contribution is 2.37. The first-order chi connectivity index (χ1) is 11.7. The molecule has 4 rings (SSSR count). The topological polar surface area (TPSA) is 58.6 Å². The molecule has 2 fully saturated rings. The molecule has 128 valence electrons. The van der Waals surface area contributed by atoms with Crippen molar-refractivity contribution < 1.29 is 14.3 Å². The largest absolute Gasteiger partial charge is 0.462 e. The standard InChI is InChI=1S/C19H24N2O3/c22-18-17-7-4-10-21(17)16-9-8-14(11-15(16)20-18)19(23)24-12-13-5-2-1-3-6-13/h8-9,11,13,17H,1-7,10,12H2,(H,20,22)/t17-/m0/s1. The first kappa shape index (κ1) is 15.5. The Morgan fingerprint density at radius 2 is 2.00 bits per heavy atom. The summed E-state index contributed by atoms with van der Waals surface area (Å²) in [6.07, 6.45) is 8.02. The van der Waals surface area contributed by atoms with Crippen LogP contribution in [0.25, 0.3) is 0 Å². The van der Waals surface area contributed by atoms with Gasteiger partial charge in [-0.15, -0.1) is 0 Å². The van der Waals surface area contributed by atoms with E-state index in [9.17, 15) is 9.59 Å². The van der Waals surface area contributed by atoms with Crippen molar-refractivity contribution in [3.63, 3.8) is 0 Å². The Labute approximate surface area is 142 Å². The highest BCUT2D eigenvalue weighted by molar-refractivity contribution is 6.05. The molecule has 1 N–H and O–H groups in total. The molecule has 1 saturated heterocycles. The van der Waals surface area contributed by atoms with Crippen LogP contribution in [0.1, 0.15) is 55.3 Å². The molecule has 2 aliphatic heterocycles. The van der Waals surface area contributed by atoms with Crippen molar-refractivity contribution >= 4 is 23.3 Å². The molecule has 1 aliphatic carbocycles. The molecule has 5 nitrogen and oxygen atoms in total. The molecular weight excluding hydrogens is 304 g/mol. The second kappa shape index (κ2) is 6.46.